The molecule has 3 aromatic carbocycles. The number of hydrogen-bond acceptors (Lipinski definition) is 5. The molecule has 1 saturated heterocycles. The lowest BCUT2D eigenvalue weighted by atomic mass is 9.95. The molecule has 1 aliphatic rings. The molecule has 0 spiro atoms. The van der Waals surface area contributed by atoms with Gasteiger partial charge >= 0.3 is 0 Å². The minimum atomic E-state index is -2.82. The van der Waals surface area contributed by atoms with Crippen LogP contribution in [0.3, 0.4) is 0 Å². The van der Waals surface area contributed by atoms with Crippen molar-refractivity contribution < 1.29 is 23.7 Å². The van der Waals surface area contributed by atoms with Crippen LogP contribution in [0, 0.1) is 0 Å². The second-order valence-electron chi connectivity index (χ2n) is 11.3. The Kier molecular flexibility index (Phi) is 9.59. The van der Waals surface area contributed by atoms with Gasteiger partial charge in [0.25, 0.3) is 8.32 Å². The Morgan fingerprint density at radius 3 is 2.00 bits per heavy atom. The van der Waals surface area contributed by atoms with Gasteiger partial charge in [0, 0.05) is 13.5 Å². The van der Waals surface area contributed by atoms with E-state index in [9.17, 15) is 5.11 Å². The van der Waals surface area contributed by atoms with Gasteiger partial charge in [0.05, 0.1) is 19.3 Å². The molecule has 4 atom stereocenters. The van der Waals surface area contributed by atoms with Crippen LogP contribution in [-0.4, -0.2) is 51.2 Å². The summed E-state index contributed by atoms with van der Waals surface area (Å²) >= 11 is 0. The highest BCUT2D eigenvalue weighted by Gasteiger charge is 2.51. The van der Waals surface area contributed by atoms with Crippen molar-refractivity contribution in [2.24, 2.45) is 0 Å². The quantitative estimate of drug-likeness (QED) is 0.264. The zero-order chi connectivity index (χ0) is 27.9. The van der Waals surface area contributed by atoms with E-state index in [4.69, 9.17) is 18.6 Å². The van der Waals surface area contributed by atoms with Gasteiger partial charge in [0.1, 0.15) is 12.2 Å². The molecule has 0 unspecified atom stereocenters. The van der Waals surface area contributed by atoms with Crippen LogP contribution < -0.4 is 10.4 Å². The Morgan fingerprint density at radius 1 is 0.974 bits per heavy atom. The summed E-state index contributed by atoms with van der Waals surface area (Å²) in [5.74, 6) is -1.44. The zero-order valence-corrected chi connectivity index (χ0v) is 24.6. The van der Waals surface area contributed by atoms with Crippen molar-refractivity contribution in [3.8, 4) is 0 Å². The number of methoxy groups -OCH3 is 1. The third-order valence-electron chi connectivity index (χ3n) is 7.67. The number of ether oxygens (including phenoxy) is 3. The highest BCUT2D eigenvalue weighted by atomic mass is 28.4. The maximum Gasteiger partial charge on any atom is 0.261 e. The van der Waals surface area contributed by atoms with Crippen LogP contribution in [0.5, 0.6) is 0 Å². The van der Waals surface area contributed by atoms with Crippen LogP contribution in [0.1, 0.15) is 39.2 Å². The molecule has 1 fully saturated rings. The molecule has 0 saturated carbocycles. The van der Waals surface area contributed by atoms with Crippen LogP contribution in [0.4, 0.5) is 0 Å². The highest BCUT2D eigenvalue weighted by molar-refractivity contribution is 6.99. The fraction of sp³-hybridized carbons (Fsp3) is 0.394. The summed E-state index contributed by atoms with van der Waals surface area (Å²) in [6, 6.07) is 31.2. The summed E-state index contributed by atoms with van der Waals surface area (Å²) < 4.78 is 25.9. The topological polar surface area (TPSA) is 57.2 Å². The molecule has 0 radical (unpaired) electrons. The molecule has 0 amide bonds. The van der Waals surface area contributed by atoms with Crippen molar-refractivity contribution in [1.82, 2.24) is 0 Å². The predicted octanol–water partition coefficient (Wildman–Crippen LogP) is 5.22. The second-order valence-corrected chi connectivity index (χ2v) is 15.6. The Hall–Kier alpha value is -2.58. The van der Waals surface area contributed by atoms with Gasteiger partial charge in [0.2, 0.25) is 0 Å². The third-order valence-corrected chi connectivity index (χ3v) is 12.7. The van der Waals surface area contributed by atoms with Gasteiger partial charge in [0.15, 0.2) is 5.79 Å². The molecule has 6 heteroatoms. The number of aliphatic hydroxyl groups is 1. The fourth-order valence-corrected chi connectivity index (χ4v) is 10.2. The molecule has 208 valence electrons. The average Bonchev–Trinajstić information content (AvgIpc) is 2.96. The first kappa shape index (κ1) is 29.4. The van der Waals surface area contributed by atoms with Crippen molar-refractivity contribution in [2.75, 3.05) is 13.7 Å². The summed E-state index contributed by atoms with van der Waals surface area (Å²) in [6.07, 6.45) is 1.19. The van der Waals surface area contributed by atoms with Gasteiger partial charge in [-0.15, -0.1) is 0 Å². The number of rotatable bonds is 11. The van der Waals surface area contributed by atoms with E-state index in [-0.39, 0.29) is 17.7 Å². The van der Waals surface area contributed by atoms with Crippen LogP contribution in [0.15, 0.2) is 104 Å². The molecule has 0 aliphatic carbocycles. The van der Waals surface area contributed by atoms with Crippen LogP contribution in [-0.2, 0) is 25.2 Å². The molecule has 4 rings (SSSR count). The van der Waals surface area contributed by atoms with E-state index in [1.54, 1.807) is 7.11 Å². The minimum absolute atomic E-state index is 0.185. The zero-order valence-electron chi connectivity index (χ0n) is 23.6. The van der Waals surface area contributed by atoms with E-state index in [0.29, 0.717) is 19.4 Å². The van der Waals surface area contributed by atoms with Crippen molar-refractivity contribution in [3.63, 3.8) is 0 Å². The normalized spacial score (nSPS) is 22.8. The summed E-state index contributed by atoms with van der Waals surface area (Å²) in [5, 5.41) is 13.2. The first-order valence-corrected chi connectivity index (χ1v) is 15.6. The molecule has 0 bridgehead atoms. The summed E-state index contributed by atoms with van der Waals surface area (Å²) in [6.45, 7) is 11.2. The maximum atomic E-state index is 11.0. The smallest absolute Gasteiger partial charge is 0.261 e. The molecular weight excluding hydrogens is 504 g/mol. The van der Waals surface area contributed by atoms with E-state index in [0.717, 1.165) is 5.56 Å². The van der Waals surface area contributed by atoms with Crippen LogP contribution in [0.25, 0.3) is 0 Å². The molecule has 1 N–H and O–H groups in total. The molecule has 1 aliphatic heterocycles. The third kappa shape index (κ3) is 6.60. The van der Waals surface area contributed by atoms with Crippen molar-refractivity contribution in [2.45, 2.75) is 69.4 Å². The standard InChI is InChI=1S/C33H42O5Si/c1-6-33(34)23-22-29(35-5)31(38-33)30(36-24-26-16-10-7-11-17-26)25-37-39(32(2,3)4,27-18-12-8-13-19-27)28-20-14-9-15-21-28/h6-21,29-31,34H,1,22-25H2,2-5H3/t29-,30+,31+,33+/m0/s1. The Bertz CT molecular complexity index is 1130. The SMILES string of the molecule is C=C[C@]1(O)CC[C@H](OC)[C@H]([C@@H](CO[Si](c2ccccc2)(c2ccccc2)C(C)(C)C)OCc2ccccc2)O1. The van der Waals surface area contributed by atoms with E-state index in [2.05, 4.69) is 75.9 Å². The van der Waals surface area contributed by atoms with Gasteiger partial charge < -0.3 is 23.7 Å². The van der Waals surface area contributed by atoms with E-state index < -0.39 is 26.3 Å². The minimum Gasteiger partial charge on any atom is -0.405 e. The Balaban J connectivity index is 1.73. The monoisotopic (exact) mass is 546 g/mol. The summed E-state index contributed by atoms with van der Waals surface area (Å²) in [4.78, 5) is 0. The lowest BCUT2D eigenvalue weighted by molar-refractivity contribution is -0.279. The van der Waals surface area contributed by atoms with E-state index >= 15 is 0 Å². The van der Waals surface area contributed by atoms with Crippen molar-refractivity contribution in [3.05, 3.63) is 109 Å². The molecular formula is C33H42O5Si. The largest absolute Gasteiger partial charge is 0.405 e. The van der Waals surface area contributed by atoms with Gasteiger partial charge in [-0.3, -0.25) is 0 Å². The molecule has 39 heavy (non-hydrogen) atoms. The first-order chi connectivity index (χ1) is 18.7. The summed E-state index contributed by atoms with van der Waals surface area (Å²) in [5.41, 5.74) is 1.05. The predicted molar refractivity (Wildman–Crippen MR) is 159 cm³/mol. The van der Waals surface area contributed by atoms with E-state index in [1.165, 1.54) is 16.4 Å². The lowest BCUT2D eigenvalue weighted by Gasteiger charge is -2.46. The number of benzene rings is 3. The second kappa shape index (κ2) is 12.7. The van der Waals surface area contributed by atoms with Crippen molar-refractivity contribution >= 4 is 18.7 Å². The molecule has 0 aromatic heterocycles. The highest BCUT2D eigenvalue weighted by Crippen LogP contribution is 2.38. The first-order valence-electron chi connectivity index (χ1n) is 13.7. The molecule has 1 heterocycles. The Morgan fingerprint density at radius 2 is 1.51 bits per heavy atom. The maximum absolute atomic E-state index is 11.0. The van der Waals surface area contributed by atoms with E-state index in [1.807, 2.05) is 42.5 Å². The summed E-state index contributed by atoms with van der Waals surface area (Å²) in [7, 11) is -1.14. The van der Waals surface area contributed by atoms with Crippen molar-refractivity contribution in [1.29, 1.82) is 0 Å². The molecule has 3 aromatic rings. The van der Waals surface area contributed by atoms with Crippen LogP contribution >= 0.6 is 0 Å². The number of hydrogen-bond donors (Lipinski definition) is 1. The lowest BCUT2D eigenvalue weighted by Crippen LogP contribution is -2.67. The molecule has 5 nitrogen and oxygen atoms in total. The van der Waals surface area contributed by atoms with Gasteiger partial charge in [-0.2, -0.15) is 0 Å². The Labute approximate surface area is 234 Å². The fourth-order valence-electron chi connectivity index (χ4n) is 5.59. The van der Waals surface area contributed by atoms with Gasteiger partial charge in [-0.1, -0.05) is 118 Å². The van der Waals surface area contributed by atoms with Gasteiger partial charge in [-0.05, 0) is 33.5 Å². The van der Waals surface area contributed by atoms with Gasteiger partial charge in [-0.25, -0.2) is 0 Å². The van der Waals surface area contributed by atoms with Crippen LogP contribution in [0.2, 0.25) is 5.04 Å². The average molecular weight is 547 g/mol.